The summed E-state index contributed by atoms with van der Waals surface area (Å²) in [6.07, 6.45) is 0. The van der Waals surface area contributed by atoms with Crippen LogP contribution in [0.3, 0.4) is 0 Å². The van der Waals surface area contributed by atoms with Crippen molar-refractivity contribution in [1.82, 2.24) is 9.78 Å². The zero-order valence-corrected chi connectivity index (χ0v) is 18.4. The summed E-state index contributed by atoms with van der Waals surface area (Å²) in [6, 6.07) is 36.7. The molecule has 0 aliphatic rings. The second-order valence-electron chi connectivity index (χ2n) is 7.53. The van der Waals surface area contributed by atoms with E-state index >= 15 is 0 Å². The van der Waals surface area contributed by atoms with Crippen LogP contribution in [0.2, 0.25) is 5.02 Å². The van der Waals surface area contributed by atoms with E-state index in [4.69, 9.17) is 16.7 Å². The minimum absolute atomic E-state index is 0.201. The lowest BCUT2D eigenvalue weighted by Gasteiger charge is -2.13. The Morgan fingerprint density at radius 2 is 1.39 bits per heavy atom. The third-order valence-electron chi connectivity index (χ3n) is 5.34. The average molecular weight is 450 g/mol. The second kappa shape index (κ2) is 9.15. The first-order valence-electron chi connectivity index (χ1n) is 10.6. The molecule has 0 unspecified atom stereocenters. The first kappa shape index (κ1) is 20.7. The molecule has 0 saturated heterocycles. The number of anilines is 1. The molecule has 5 heteroatoms. The normalized spacial score (nSPS) is 10.7. The van der Waals surface area contributed by atoms with Gasteiger partial charge in [0.1, 0.15) is 0 Å². The van der Waals surface area contributed by atoms with Gasteiger partial charge in [-0.2, -0.15) is 5.10 Å². The molecule has 0 saturated carbocycles. The standard InChI is InChI=1S/C28H20ClN3O/c29-22-17-15-21(16-18-22)28(33)30-25-14-8-7-13-24(25)27-19-26(20-9-3-1-4-10-20)31-32(27)23-11-5-2-6-12-23/h1-19H,(H,30,33). The molecule has 1 aromatic heterocycles. The van der Waals surface area contributed by atoms with Gasteiger partial charge in [-0.05, 0) is 48.5 Å². The zero-order valence-electron chi connectivity index (χ0n) is 17.7. The maximum atomic E-state index is 12.9. The van der Waals surface area contributed by atoms with E-state index in [1.54, 1.807) is 24.3 Å². The van der Waals surface area contributed by atoms with E-state index in [2.05, 4.69) is 11.4 Å². The van der Waals surface area contributed by atoms with Crippen LogP contribution in [-0.4, -0.2) is 15.7 Å². The van der Waals surface area contributed by atoms with E-state index in [0.717, 1.165) is 28.2 Å². The first-order valence-corrected chi connectivity index (χ1v) is 10.9. The van der Waals surface area contributed by atoms with E-state index in [1.165, 1.54) is 0 Å². The Morgan fingerprint density at radius 1 is 0.758 bits per heavy atom. The lowest BCUT2D eigenvalue weighted by Crippen LogP contribution is -2.13. The van der Waals surface area contributed by atoms with Crippen molar-refractivity contribution in [2.45, 2.75) is 0 Å². The van der Waals surface area contributed by atoms with Crippen molar-refractivity contribution in [3.05, 3.63) is 126 Å². The molecule has 0 radical (unpaired) electrons. The van der Waals surface area contributed by atoms with Crippen molar-refractivity contribution in [3.8, 4) is 28.2 Å². The fourth-order valence-corrected chi connectivity index (χ4v) is 3.83. The predicted molar refractivity (Wildman–Crippen MR) is 134 cm³/mol. The van der Waals surface area contributed by atoms with Gasteiger partial charge in [0, 0.05) is 21.7 Å². The highest BCUT2D eigenvalue weighted by Gasteiger charge is 2.17. The third-order valence-corrected chi connectivity index (χ3v) is 5.59. The first-order chi connectivity index (χ1) is 16.2. The summed E-state index contributed by atoms with van der Waals surface area (Å²) in [5, 5.41) is 8.54. The highest BCUT2D eigenvalue weighted by molar-refractivity contribution is 6.30. The van der Waals surface area contributed by atoms with Crippen LogP contribution >= 0.6 is 11.6 Å². The van der Waals surface area contributed by atoms with Gasteiger partial charge < -0.3 is 5.32 Å². The average Bonchev–Trinajstić information content (AvgIpc) is 3.31. The maximum absolute atomic E-state index is 12.9. The molecule has 4 nitrogen and oxygen atoms in total. The van der Waals surface area contributed by atoms with E-state index in [0.29, 0.717) is 16.3 Å². The predicted octanol–water partition coefficient (Wildman–Crippen LogP) is 7.11. The minimum Gasteiger partial charge on any atom is -0.321 e. The van der Waals surface area contributed by atoms with Gasteiger partial charge >= 0.3 is 0 Å². The summed E-state index contributed by atoms with van der Waals surface area (Å²) in [6.45, 7) is 0. The molecule has 0 atom stereocenters. The number of nitrogens with one attached hydrogen (secondary N) is 1. The van der Waals surface area contributed by atoms with Crippen LogP contribution in [0.15, 0.2) is 115 Å². The molecule has 0 spiro atoms. The van der Waals surface area contributed by atoms with Crippen molar-refractivity contribution < 1.29 is 4.79 Å². The van der Waals surface area contributed by atoms with Gasteiger partial charge in [-0.15, -0.1) is 0 Å². The molecule has 0 aliphatic carbocycles. The number of nitrogens with zero attached hydrogens (tertiary/aromatic N) is 2. The number of rotatable bonds is 5. The van der Waals surface area contributed by atoms with Gasteiger partial charge in [0.15, 0.2) is 0 Å². The molecular weight excluding hydrogens is 430 g/mol. The van der Waals surface area contributed by atoms with Crippen LogP contribution in [0.5, 0.6) is 0 Å². The fraction of sp³-hybridized carbons (Fsp3) is 0. The van der Waals surface area contributed by atoms with E-state index in [1.807, 2.05) is 89.6 Å². The summed E-state index contributed by atoms with van der Waals surface area (Å²) < 4.78 is 1.91. The molecule has 0 bridgehead atoms. The summed E-state index contributed by atoms with van der Waals surface area (Å²) in [5.41, 5.74) is 5.81. The molecule has 1 N–H and O–H groups in total. The lowest BCUT2D eigenvalue weighted by molar-refractivity contribution is 0.102. The van der Waals surface area contributed by atoms with Crippen molar-refractivity contribution in [1.29, 1.82) is 0 Å². The number of hydrogen-bond acceptors (Lipinski definition) is 2. The Morgan fingerprint density at radius 3 is 2.12 bits per heavy atom. The van der Waals surface area contributed by atoms with Crippen LogP contribution < -0.4 is 5.32 Å². The molecule has 5 rings (SSSR count). The number of carbonyl (C=O) groups excluding carboxylic acids is 1. The van der Waals surface area contributed by atoms with Gasteiger partial charge in [0.2, 0.25) is 0 Å². The highest BCUT2D eigenvalue weighted by atomic mass is 35.5. The molecule has 4 aromatic carbocycles. The van der Waals surface area contributed by atoms with E-state index in [9.17, 15) is 4.79 Å². The maximum Gasteiger partial charge on any atom is 0.255 e. The largest absolute Gasteiger partial charge is 0.321 e. The van der Waals surface area contributed by atoms with Gasteiger partial charge in [-0.3, -0.25) is 4.79 Å². The van der Waals surface area contributed by atoms with Crippen molar-refractivity contribution in [2.75, 3.05) is 5.32 Å². The van der Waals surface area contributed by atoms with Crippen LogP contribution in [0.25, 0.3) is 28.2 Å². The van der Waals surface area contributed by atoms with Gasteiger partial charge in [0.25, 0.3) is 5.91 Å². The number of para-hydroxylation sites is 2. The summed E-state index contributed by atoms with van der Waals surface area (Å²) in [5.74, 6) is -0.201. The Balaban J connectivity index is 1.60. The second-order valence-corrected chi connectivity index (χ2v) is 7.97. The molecule has 0 aliphatic heterocycles. The molecule has 5 aromatic rings. The number of carbonyl (C=O) groups is 1. The van der Waals surface area contributed by atoms with Gasteiger partial charge in [-0.1, -0.05) is 78.3 Å². The molecule has 33 heavy (non-hydrogen) atoms. The monoisotopic (exact) mass is 449 g/mol. The van der Waals surface area contributed by atoms with Crippen LogP contribution in [0, 0.1) is 0 Å². The minimum atomic E-state index is -0.201. The zero-order chi connectivity index (χ0) is 22.6. The van der Waals surface area contributed by atoms with Crippen LogP contribution in [0.1, 0.15) is 10.4 Å². The number of hydrogen-bond donors (Lipinski definition) is 1. The smallest absolute Gasteiger partial charge is 0.255 e. The van der Waals surface area contributed by atoms with E-state index in [-0.39, 0.29) is 5.91 Å². The number of amides is 1. The summed E-state index contributed by atoms with van der Waals surface area (Å²) in [4.78, 5) is 12.9. The number of halogens is 1. The molecule has 1 heterocycles. The van der Waals surface area contributed by atoms with Crippen molar-refractivity contribution in [3.63, 3.8) is 0 Å². The molecule has 160 valence electrons. The van der Waals surface area contributed by atoms with Crippen LogP contribution in [0.4, 0.5) is 5.69 Å². The SMILES string of the molecule is O=C(Nc1ccccc1-c1cc(-c2ccccc2)nn1-c1ccccc1)c1ccc(Cl)cc1. The van der Waals surface area contributed by atoms with Crippen molar-refractivity contribution >= 4 is 23.2 Å². The topological polar surface area (TPSA) is 46.9 Å². The Kier molecular flexibility index (Phi) is 5.75. The molecular formula is C28H20ClN3O. The Hall–Kier alpha value is -4.15. The summed E-state index contributed by atoms with van der Waals surface area (Å²) >= 11 is 5.97. The van der Waals surface area contributed by atoms with Crippen molar-refractivity contribution in [2.24, 2.45) is 0 Å². The lowest BCUT2D eigenvalue weighted by atomic mass is 10.1. The number of aromatic nitrogens is 2. The van der Waals surface area contributed by atoms with E-state index < -0.39 is 0 Å². The fourth-order valence-electron chi connectivity index (χ4n) is 3.70. The molecule has 0 fully saturated rings. The molecule has 1 amide bonds. The third kappa shape index (κ3) is 4.43. The van der Waals surface area contributed by atoms with Crippen LogP contribution in [-0.2, 0) is 0 Å². The highest BCUT2D eigenvalue weighted by Crippen LogP contribution is 2.33. The van der Waals surface area contributed by atoms with Gasteiger partial charge in [0.05, 0.1) is 22.8 Å². The number of benzene rings is 4. The quantitative estimate of drug-likeness (QED) is 0.310. The Bertz CT molecular complexity index is 1390. The van der Waals surface area contributed by atoms with Gasteiger partial charge in [-0.25, -0.2) is 4.68 Å². The Labute approximate surface area is 197 Å². The summed E-state index contributed by atoms with van der Waals surface area (Å²) in [7, 11) is 0.